The Hall–Kier alpha value is -1.72. The molecule has 1 amide bonds. The summed E-state index contributed by atoms with van der Waals surface area (Å²) < 4.78 is 0.946. The molecule has 0 radical (unpaired) electrons. The third-order valence-corrected chi connectivity index (χ3v) is 5.14. The summed E-state index contributed by atoms with van der Waals surface area (Å²) >= 11 is 5.20. The van der Waals surface area contributed by atoms with Crippen LogP contribution in [0.2, 0.25) is 0 Å². The van der Waals surface area contributed by atoms with Gasteiger partial charge in [-0.3, -0.25) is 9.78 Å². The molecule has 5 heteroatoms. The van der Waals surface area contributed by atoms with Crippen LogP contribution in [0.3, 0.4) is 0 Å². The molecular weight excluding hydrogens is 372 g/mol. The highest BCUT2D eigenvalue weighted by atomic mass is 79.9. The predicted octanol–water partition coefficient (Wildman–Crippen LogP) is 4.95. The van der Waals surface area contributed by atoms with E-state index in [0.717, 1.165) is 21.1 Å². The van der Waals surface area contributed by atoms with Gasteiger partial charge in [0.15, 0.2) is 0 Å². The Labute approximate surface area is 148 Å². The molecule has 118 valence electrons. The number of aromatic nitrogens is 1. The summed E-state index contributed by atoms with van der Waals surface area (Å²) in [4.78, 5) is 21.7. The van der Waals surface area contributed by atoms with Crippen molar-refractivity contribution in [2.24, 2.45) is 0 Å². The number of hydrogen-bond donors (Lipinski definition) is 0. The number of thiophene rings is 1. The maximum atomic E-state index is 12.9. The van der Waals surface area contributed by atoms with Crippen LogP contribution in [-0.2, 0) is 6.54 Å². The van der Waals surface area contributed by atoms with Crippen molar-refractivity contribution in [3.05, 3.63) is 61.9 Å². The average molecular weight is 389 g/mol. The van der Waals surface area contributed by atoms with Crippen LogP contribution in [0.25, 0.3) is 10.9 Å². The number of fused-ring (bicyclic) bond motifs is 1. The molecule has 2 heterocycles. The summed E-state index contributed by atoms with van der Waals surface area (Å²) in [6, 6.07) is 11.9. The third kappa shape index (κ3) is 3.46. The number of carbonyl (C=O) groups excluding carboxylic acids is 1. The summed E-state index contributed by atoms with van der Waals surface area (Å²) in [7, 11) is 1.84. The fourth-order valence-electron chi connectivity index (χ4n) is 2.59. The van der Waals surface area contributed by atoms with Gasteiger partial charge in [-0.15, -0.1) is 11.3 Å². The molecule has 0 N–H and O–H groups in total. The minimum Gasteiger partial charge on any atom is -0.337 e. The molecule has 3 nitrogen and oxygen atoms in total. The zero-order valence-electron chi connectivity index (χ0n) is 13.3. The molecule has 2 aromatic heterocycles. The highest BCUT2D eigenvalue weighted by Gasteiger charge is 2.17. The van der Waals surface area contributed by atoms with Crippen LogP contribution in [0.15, 0.2) is 40.9 Å². The van der Waals surface area contributed by atoms with Crippen LogP contribution >= 0.6 is 27.3 Å². The van der Waals surface area contributed by atoms with Gasteiger partial charge in [-0.2, -0.15) is 0 Å². The van der Waals surface area contributed by atoms with E-state index in [2.05, 4.69) is 40.0 Å². The number of pyridine rings is 1. The highest BCUT2D eigenvalue weighted by molar-refractivity contribution is 9.10. The molecule has 3 aromatic rings. The van der Waals surface area contributed by atoms with Gasteiger partial charge in [0.1, 0.15) is 0 Å². The van der Waals surface area contributed by atoms with E-state index >= 15 is 0 Å². The molecule has 0 aliphatic heterocycles. The van der Waals surface area contributed by atoms with Crippen molar-refractivity contribution in [1.82, 2.24) is 9.88 Å². The number of rotatable bonds is 3. The molecule has 0 saturated heterocycles. The Morgan fingerprint density at radius 3 is 2.70 bits per heavy atom. The van der Waals surface area contributed by atoms with Crippen LogP contribution in [0.1, 0.15) is 25.8 Å². The molecular formula is C18H17BrN2OS. The van der Waals surface area contributed by atoms with E-state index in [4.69, 9.17) is 0 Å². The van der Waals surface area contributed by atoms with E-state index in [1.54, 1.807) is 16.2 Å². The van der Waals surface area contributed by atoms with Crippen LogP contribution in [0, 0.1) is 13.8 Å². The van der Waals surface area contributed by atoms with Crippen molar-refractivity contribution >= 4 is 44.1 Å². The number of aryl methyl sites for hydroxylation is 2. The summed E-state index contributed by atoms with van der Waals surface area (Å²) in [5.74, 6) is 0.0182. The number of halogens is 1. The quantitative estimate of drug-likeness (QED) is 0.635. The van der Waals surface area contributed by atoms with Gasteiger partial charge in [0, 0.05) is 32.4 Å². The Kier molecular flexibility index (Phi) is 4.50. The van der Waals surface area contributed by atoms with Gasteiger partial charge >= 0.3 is 0 Å². The lowest BCUT2D eigenvalue weighted by molar-refractivity contribution is 0.0788. The van der Waals surface area contributed by atoms with Gasteiger partial charge in [-0.1, -0.05) is 15.9 Å². The first-order chi connectivity index (χ1) is 10.9. The van der Waals surface area contributed by atoms with E-state index in [1.807, 2.05) is 38.2 Å². The second kappa shape index (κ2) is 6.42. The zero-order chi connectivity index (χ0) is 16.6. The lowest BCUT2D eigenvalue weighted by Gasteiger charge is -2.18. The maximum Gasteiger partial charge on any atom is 0.254 e. The minimum absolute atomic E-state index is 0.0182. The SMILES string of the molecule is Cc1cc(C(=O)N(C)Cc2ccc(C)s2)c2cc(Br)ccc2n1. The first-order valence-corrected chi connectivity index (χ1v) is 8.92. The number of amides is 1. The van der Waals surface area contributed by atoms with Gasteiger partial charge in [0.2, 0.25) is 0 Å². The third-order valence-electron chi connectivity index (χ3n) is 3.66. The smallest absolute Gasteiger partial charge is 0.254 e. The second-order valence-electron chi connectivity index (χ2n) is 5.65. The molecule has 23 heavy (non-hydrogen) atoms. The Balaban J connectivity index is 1.98. The standard InChI is InChI=1S/C18H17BrN2OS/c1-11-8-16(15-9-13(19)5-7-17(15)20-11)18(22)21(3)10-14-6-4-12(2)23-14/h4-9H,10H2,1-3H3. The maximum absolute atomic E-state index is 12.9. The largest absolute Gasteiger partial charge is 0.337 e. The Bertz CT molecular complexity index is 888. The minimum atomic E-state index is 0.0182. The molecule has 0 aliphatic carbocycles. The summed E-state index contributed by atoms with van der Waals surface area (Å²) in [6.45, 7) is 4.61. The fourth-order valence-corrected chi connectivity index (χ4v) is 3.89. The fraction of sp³-hybridized carbons (Fsp3) is 0.222. The van der Waals surface area contributed by atoms with Crippen molar-refractivity contribution in [1.29, 1.82) is 0 Å². The molecule has 0 unspecified atom stereocenters. The molecule has 0 bridgehead atoms. The number of benzene rings is 1. The second-order valence-corrected chi connectivity index (χ2v) is 7.93. The molecule has 0 spiro atoms. The van der Waals surface area contributed by atoms with Gasteiger partial charge in [-0.25, -0.2) is 0 Å². The lowest BCUT2D eigenvalue weighted by Crippen LogP contribution is -2.26. The molecule has 0 atom stereocenters. The normalized spacial score (nSPS) is 11.0. The molecule has 0 fully saturated rings. The predicted molar refractivity (Wildman–Crippen MR) is 99.0 cm³/mol. The lowest BCUT2D eigenvalue weighted by atomic mass is 10.1. The first kappa shape index (κ1) is 16.1. The number of nitrogens with zero attached hydrogens (tertiary/aromatic N) is 2. The molecule has 0 aliphatic rings. The van der Waals surface area contributed by atoms with E-state index < -0.39 is 0 Å². The van der Waals surface area contributed by atoms with E-state index in [0.29, 0.717) is 12.1 Å². The van der Waals surface area contributed by atoms with Gasteiger partial charge in [0.05, 0.1) is 17.6 Å². The number of hydrogen-bond acceptors (Lipinski definition) is 3. The first-order valence-electron chi connectivity index (χ1n) is 7.32. The van der Waals surface area contributed by atoms with Crippen molar-refractivity contribution < 1.29 is 4.79 Å². The van der Waals surface area contributed by atoms with Crippen molar-refractivity contribution in [3.63, 3.8) is 0 Å². The average Bonchev–Trinajstić information content (AvgIpc) is 2.91. The van der Waals surface area contributed by atoms with Crippen LogP contribution < -0.4 is 0 Å². The van der Waals surface area contributed by atoms with Crippen molar-refractivity contribution in [3.8, 4) is 0 Å². The van der Waals surface area contributed by atoms with Gasteiger partial charge in [-0.05, 0) is 50.2 Å². The van der Waals surface area contributed by atoms with E-state index in [1.165, 1.54) is 9.75 Å². The molecule has 1 aromatic carbocycles. The van der Waals surface area contributed by atoms with Crippen molar-refractivity contribution in [2.45, 2.75) is 20.4 Å². The monoisotopic (exact) mass is 388 g/mol. The van der Waals surface area contributed by atoms with Gasteiger partial charge in [0.25, 0.3) is 5.91 Å². The van der Waals surface area contributed by atoms with Crippen LogP contribution in [-0.4, -0.2) is 22.8 Å². The van der Waals surface area contributed by atoms with Crippen molar-refractivity contribution in [2.75, 3.05) is 7.05 Å². The van der Waals surface area contributed by atoms with Gasteiger partial charge < -0.3 is 4.90 Å². The van der Waals surface area contributed by atoms with Crippen LogP contribution in [0.4, 0.5) is 0 Å². The summed E-state index contributed by atoms with van der Waals surface area (Å²) in [5.41, 5.74) is 2.39. The topological polar surface area (TPSA) is 33.2 Å². The zero-order valence-corrected chi connectivity index (χ0v) is 15.7. The van der Waals surface area contributed by atoms with E-state index in [9.17, 15) is 4.79 Å². The Morgan fingerprint density at radius 1 is 1.22 bits per heavy atom. The summed E-state index contributed by atoms with van der Waals surface area (Å²) in [5, 5.41) is 0.879. The highest BCUT2D eigenvalue weighted by Crippen LogP contribution is 2.25. The number of carbonyl (C=O) groups is 1. The van der Waals surface area contributed by atoms with E-state index in [-0.39, 0.29) is 5.91 Å². The Morgan fingerprint density at radius 2 is 2.00 bits per heavy atom. The van der Waals surface area contributed by atoms with Crippen LogP contribution in [0.5, 0.6) is 0 Å². The summed E-state index contributed by atoms with van der Waals surface area (Å²) in [6.07, 6.45) is 0. The molecule has 0 saturated carbocycles. The molecule has 3 rings (SSSR count).